The number of aryl methyl sites for hydroxylation is 1. The van der Waals surface area contributed by atoms with Gasteiger partial charge in [-0.15, -0.1) is 11.3 Å². The van der Waals surface area contributed by atoms with Crippen LogP contribution in [0.1, 0.15) is 23.4 Å². The van der Waals surface area contributed by atoms with Crippen LogP contribution in [0, 0.1) is 0 Å². The molecule has 0 unspecified atom stereocenters. The van der Waals surface area contributed by atoms with Gasteiger partial charge in [0.2, 0.25) is 5.91 Å². The molecule has 1 fully saturated rings. The fraction of sp³-hybridized carbons (Fsp3) is 0.529. The highest BCUT2D eigenvalue weighted by molar-refractivity contribution is 7.09. The van der Waals surface area contributed by atoms with E-state index in [2.05, 4.69) is 9.88 Å². The average Bonchev–Trinajstić information content (AvgIpc) is 3.29. The number of aromatic nitrogens is 1. The average molecular weight is 351 g/mol. The van der Waals surface area contributed by atoms with Crippen molar-refractivity contribution in [3.8, 4) is 0 Å². The van der Waals surface area contributed by atoms with Gasteiger partial charge in [0.15, 0.2) is 0 Å². The molecule has 0 aliphatic carbocycles. The molecule has 2 atom stereocenters. The molecule has 2 aromatic rings. The molecule has 0 N–H and O–H groups in total. The van der Waals surface area contributed by atoms with Gasteiger partial charge in [-0.3, -0.25) is 9.69 Å². The largest absolute Gasteiger partial charge is 0.472 e. The monoisotopic (exact) mass is 351 g/mol. The Bertz CT molecular complexity index is 632. The lowest BCUT2D eigenvalue weighted by Crippen LogP contribution is -2.41. The van der Waals surface area contributed by atoms with Crippen molar-refractivity contribution in [2.24, 2.45) is 0 Å². The Kier molecular flexibility index (Phi) is 5.63. The first-order valence-electron chi connectivity index (χ1n) is 8.13. The van der Waals surface area contributed by atoms with E-state index in [1.54, 1.807) is 42.0 Å². The summed E-state index contributed by atoms with van der Waals surface area (Å²) in [4.78, 5) is 20.4. The molecule has 2 aromatic heterocycles. The van der Waals surface area contributed by atoms with E-state index in [-0.39, 0.29) is 11.9 Å². The van der Waals surface area contributed by atoms with Crippen LogP contribution in [0.3, 0.4) is 0 Å². The van der Waals surface area contributed by atoms with Crippen molar-refractivity contribution >= 4 is 17.2 Å². The molecule has 1 amide bonds. The molecule has 7 heteroatoms. The van der Waals surface area contributed by atoms with Gasteiger partial charge in [0, 0.05) is 44.2 Å². The van der Waals surface area contributed by atoms with Gasteiger partial charge in [0.05, 0.1) is 19.1 Å². The second-order valence-electron chi connectivity index (χ2n) is 6.25. The van der Waals surface area contributed by atoms with Crippen LogP contribution >= 0.6 is 11.3 Å². The number of thiazole rings is 1. The maximum atomic E-state index is 13.9. The summed E-state index contributed by atoms with van der Waals surface area (Å²) in [7, 11) is 1.80. The predicted molar refractivity (Wildman–Crippen MR) is 90.5 cm³/mol. The van der Waals surface area contributed by atoms with E-state index < -0.39 is 6.17 Å². The minimum Gasteiger partial charge on any atom is -0.472 e. The Hall–Kier alpha value is -1.73. The molecule has 0 bridgehead atoms. The Balaban J connectivity index is 1.51. The van der Waals surface area contributed by atoms with Crippen molar-refractivity contribution in [1.82, 2.24) is 14.8 Å². The molecule has 3 heterocycles. The number of halogens is 1. The third-order valence-corrected chi connectivity index (χ3v) is 5.18. The number of likely N-dealkylation sites (tertiary alicyclic amines) is 1. The van der Waals surface area contributed by atoms with Crippen LogP contribution < -0.4 is 0 Å². The van der Waals surface area contributed by atoms with Crippen LogP contribution in [-0.2, 0) is 17.8 Å². The smallest absolute Gasteiger partial charge is 0.222 e. The standard InChI is InChI=1S/C17H22FN3O2S/c1-20(17(22)3-2-13-4-6-23-12-13)10-15-8-14(18)9-21(15)11-16-19-5-7-24-16/h4-7,12,14-15H,2-3,8-11H2,1H3/t14-,15-/m0/s1. The molecule has 0 saturated carbocycles. The zero-order valence-electron chi connectivity index (χ0n) is 13.7. The number of carbonyl (C=O) groups excluding carboxylic acids is 1. The number of hydrogen-bond donors (Lipinski definition) is 0. The number of hydrogen-bond acceptors (Lipinski definition) is 5. The fourth-order valence-electron chi connectivity index (χ4n) is 3.11. The fourth-order valence-corrected chi connectivity index (χ4v) is 3.75. The Labute approximate surface area is 145 Å². The third kappa shape index (κ3) is 4.42. The molecule has 0 spiro atoms. The van der Waals surface area contributed by atoms with E-state index in [9.17, 15) is 9.18 Å². The van der Waals surface area contributed by atoms with E-state index in [0.717, 1.165) is 10.6 Å². The van der Waals surface area contributed by atoms with E-state index in [4.69, 9.17) is 4.42 Å². The molecule has 24 heavy (non-hydrogen) atoms. The lowest BCUT2D eigenvalue weighted by Gasteiger charge is -2.27. The van der Waals surface area contributed by atoms with Crippen molar-refractivity contribution in [1.29, 1.82) is 0 Å². The summed E-state index contributed by atoms with van der Waals surface area (Å²) < 4.78 is 18.9. The number of amides is 1. The zero-order valence-corrected chi connectivity index (χ0v) is 14.5. The second kappa shape index (κ2) is 7.90. The molecule has 3 rings (SSSR count). The van der Waals surface area contributed by atoms with Crippen LogP contribution in [0.15, 0.2) is 34.6 Å². The Morgan fingerprint density at radius 1 is 1.58 bits per heavy atom. The number of alkyl halides is 1. The van der Waals surface area contributed by atoms with Crippen LogP contribution in [0.5, 0.6) is 0 Å². The maximum absolute atomic E-state index is 13.9. The van der Waals surface area contributed by atoms with Gasteiger partial charge >= 0.3 is 0 Å². The van der Waals surface area contributed by atoms with Gasteiger partial charge in [-0.1, -0.05) is 0 Å². The highest BCUT2D eigenvalue weighted by Gasteiger charge is 2.33. The first kappa shape index (κ1) is 17.1. The summed E-state index contributed by atoms with van der Waals surface area (Å²) in [6.45, 7) is 1.62. The van der Waals surface area contributed by atoms with Crippen molar-refractivity contribution in [2.45, 2.75) is 38.0 Å². The SMILES string of the molecule is CN(C[C@@H]1C[C@H](F)CN1Cc1nccs1)C(=O)CCc1ccoc1. The van der Waals surface area contributed by atoms with Crippen LogP contribution in [0.25, 0.3) is 0 Å². The molecule has 130 valence electrons. The zero-order chi connectivity index (χ0) is 16.9. The summed E-state index contributed by atoms with van der Waals surface area (Å²) >= 11 is 1.58. The highest BCUT2D eigenvalue weighted by Crippen LogP contribution is 2.24. The molecule has 5 nitrogen and oxygen atoms in total. The van der Waals surface area contributed by atoms with Crippen molar-refractivity contribution in [3.63, 3.8) is 0 Å². The van der Waals surface area contributed by atoms with Gasteiger partial charge in [-0.25, -0.2) is 9.37 Å². The number of nitrogens with zero attached hydrogens (tertiary/aromatic N) is 3. The number of furan rings is 1. The van der Waals surface area contributed by atoms with Crippen molar-refractivity contribution in [2.75, 3.05) is 20.1 Å². The predicted octanol–water partition coefficient (Wildman–Crippen LogP) is 2.74. The maximum Gasteiger partial charge on any atom is 0.222 e. The lowest BCUT2D eigenvalue weighted by molar-refractivity contribution is -0.130. The summed E-state index contributed by atoms with van der Waals surface area (Å²) in [5.74, 6) is 0.0766. The second-order valence-corrected chi connectivity index (χ2v) is 7.23. The molecule has 1 aliphatic heterocycles. The minimum absolute atomic E-state index is 0.0479. The summed E-state index contributed by atoms with van der Waals surface area (Å²) in [6, 6.07) is 1.92. The Morgan fingerprint density at radius 2 is 2.46 bits per heavy atom. The quantitative estimate of drug-likeness (QED) is 0.770. The minimum atomic E-state index is -0.829. The first-order valence-corrected chi connectivity index (χ1v) is 9.01. The van der Waals surface area contributed by atoms with E-state index >= 15 is 0 Å². The van der Waals surface area contributed by atoms with Gasteiger partial charge < -0.3 is 9.32 Å². The number of likely N-dealkylation sites (N-methyl/N-ethyl adjacent to an activating group) is 1. The molecule has 0 aromatic carbocycles. The molecular formula is C17H22FN3O2S. The molecule has 1 aliphatic rings. The van der Waals surface area contributed by atoms with Gasteiger partial charge in [-0.2, -0.15) is 0 Å². The number of carbonyl (C=O) groups is 1. The van der Waals surface area contributed by atoms with E-state index in [0.29, 0.717) is 38.9 Å². The topological polar surface area (TPSA) is 49.6 Å². The molecule has 1 saturated heterocycles. The van der Waals surface area contributed by atoms with E-state index in [1.807, 2.05) is 11.4 Å². The molecular weight excluding hydrogens is 329 g/mol. The van der Waals surface area contributed by atoms with Gasteiger partial charge in [-0.05, 0) is 24.5 Å². The molecule has 0 radical (unpaired) electrons. The summed E-state index contributed by atoms with van der Waals surface area (Å²) in [6.07, 6.45) is 5.79. The normalized spacial score (nSPS) is 21.2. The van der Waals surface area contributed by atoms with Crippen molar-refractivity contribution < 1.29 is 13.6 Å². The van der Waals surface area contributed by atoms with Crippen LogP contribution in [-0.4, -0.2) is 53.0 Å². The van der Waals surface area contributed by atoms with Gasteiger partial charge in [0.25, 0.3) is 0 Å². The highest BCUT2D eigenvalue weighted by atomic mass is 32.1. The third-order valence-electron chi connectivity index (χ3n) is 4.42. The first-order chi connectivity index (χ1) is 11.6. The van der Waals surface area contributed by atoms with Crippen LogP contribution in [0.2, 0.25) is 0 Å². The lowest BCUT2D eigenvalue weighted by atomic mass is 10.1. The van der Waals surface area contributed by atoms with Crippen molar-refractivity contribution in [3.05, 3.63) is 40.7 Å². The summed E-state index contributed by atoms with van der Waals surface area (Å²) in [5, 5.41) is 2.92. The van der Waals surface area contributed by atoms with Gasteiger partial charge in [0.1, 0.15) is 11.2 Å². The summed E-state index contributed by atoms with van der Waals surface area (Å²) in [5.41, 5.74) is 1.02. The van der Waals surface area contributed by atoms with Crippen LogP contribution in [0.4, 0.5) is 4.39 Å². The van der Waals surface area contributed by atoms with E-state index in [1.165, 1.54) is 0 Å². The Morgan fingerprint density at radius 3 is 3.17 bits per heavy atom. The number of rotatable bonds is 7.